The average Bonchev–Trinajstić information content (AvgIpc) is 3.17. The lowest BCUT2D eigenvalue weighted by Crippen LogP contribution is -2.44. The van der Waals surface area contributed by atoms with Gasteiger partial charge in [-0.15, -0.1) is 11.3 Å². The first-order valence-electron chi connectivity index (χ1n) is 9.66. The first-order valence-corrected chi connectivity index (χ1v) is 11.5. The van der Waals surface area contributed by atoms with Gasteiger partial charge in [0.1, 0.15) is 4.83 Å². The van der Waals surface area contributed by atoms with Gasteiger partial charge in [-0.1, -0.05) is 49.0 Å². The van der Waals surface area contributed by atoms with E-state index in [9.17, 15) is 9.59 Å². The summed E-state index contributed by atoms with van der Waals surface area (Å²) < 4.78 is 0. The number of carbonyl (C=O) groups is 1. The van der Waals surface area contributed by atoms with Crippen molar-refractivity contribution in [3.05, 3.63) is 46.1 Å². The molecular formula is C21H23N3O2S2. The Balaban J connectivity index is 1.53. The molecule has 3 aromatic rings. The quantitative estimate of drug-likeness (QED) is 0.493. The van der Waals surface area contributed by atoms with Gasteiger partial charge >= 0.3 is 0 Å². The van der Waals surface area contributed by atoms with Crippen molar-refractivity contribution in [3.8, 4) is 11.1 Å². The molecule has 5 nitrogen and oxygen atoms in total. The van der Waals surface area contributed by atoms with Crippen molar-refractivity contribution >= 4 is 39.2 Å². The topological polar surface area (TPSA) is 66.1 Å². The summed E-state index contributed by atoms with van der Waals surface area (Å²) in [5, 5.41) is 3.10. The summed E-state index contributed by atoms with van der Waals surface area (Å²) in [6.07, 6.45) is 4.36. The second-order valence-corrected chi connectivity index (χ2v) is 8.82. The molecule has 1 amide bonds. The minimum absolute atomic E-state index is 0.135. The largest absolute Gasteiger partial charge is 0.339 e. The number of hydrogen-bond donors (Lipinski definition) is 1. The van der Waals surface area contributed by atoms with Gasteiger partial charge in [0.25, 0.3) is 5.56 Å². The number of carbonyl (C=O) groups excluding carboxylic acids is 1. The molecule has 0 saturated carbocycles. The Labute approximate surface area is 172 Å². The van der Waals surface area contributed by atoms with Crippen LogP contribution in [0.15, 0.2) is 45.7 Å². The number of benzene rings is 1. The molecule has 0 spiro atoms. The smallest absolute Gasteiger partial charge is 0.260 e. The van der Waals surface area contributed by atoms with Crippen LogP contribution in [0.4, 0.5) is 0 Å². The molecule has 1 fully saturated rings. The maximum Gasteiger partial charge on any atom is 0.260 e. The van der Waals surface area contributed by atoms with Crippen molar-refractivity contribution in [2.45, 2.75) is 43.8 Å². The number of H-pyrrole nitrogens is 1. The maximum atomic E-state index is 12.7. The third-order valence-electron chi connectivity index (χ3n) is 5.26. The lowest BCUT2D eigenvalue weighted by Gasteiger charge is -2.35. The maximum absolute atomic E-state index is 12.7. The molecule has 1 aliphatic rings. The van der Waals surface area contributed by atoms with Gasteiger partial charge < -0.3 is 9.88 Å². The van der Waals surface area contributed by atoms with Crippen molar-refractivity contribution < 1.29 is 4.79 Å². The van der Waals surface area contributed by atoms with Crippen LogP contribution in [-0.4, -0.2) is 39.1 Å². The molecule has 1 N–H and O–H groups in total. The number of hydrogen-bond acceptors (Lipinski definition) is 5. The van der Waals surface area contributed by atoms with Crippen LogP contribution in [0.5, 0.6) is 0 Å². The van der Waals surface area contributed by atoms with E-state index in [0.717, 1.165) is 36.9 Å². The molecule has 1 saturated heterocycles. The highest BCUT2D eigenvalue weighted by molar-refractivity contribution is 7.99. The zero-order valence-electron chi connectivity index (χ0n) is 15.8. The summed E-state index contributed by atoms with van der Waals surface area (Å²) in [6.45, 7) is 2.98. The highest BCUT2D eigenvalue weighted by Crippen LogP contribution is 2.31. The Morgan fingerprint density at radius 2 is 2.14 bits per heavy atom. The molecule has 3 heterocycles. The van der Waals surface area contributed by atoms with E-state index in [2.05, 4.69) is 16.9 Å². The van der Waals surface area contributed by atoms with Gasteiger partial charge in [-0.3, -0.25) is 9.59 Å². The SMILES string of the molecule is CC[C@H]1CCCCN1C(=O)CSc1nc2scc(-c3ccccc3)c2c(=O)[nH]1. The van der Waals surface area contributed by atoms with Crippen molar-refractivity contribution in [1.29, 1.82) is 0 Å². The third-order valence-corrected chi connectivity index (χ3v) is 6.99. The van der Waals surface area contributed by atoms with Crippen molar-refractivity contribution in [2.75, 3.05) is 12.3 Å². The predicted octanol–water partition coefficient (Wildman–Crippen LogP) is 4.53. The fraction of sp³-hybridized carbons (Fsp3) is 0.381. The Morgan fingerprint density at radius 1 is 1.32 bits per heavy atom. The molecule has 0 unspecified atom stereocenters. The average molecular weight is 414 g/mol. The van der Waals surface area contributed by atoms with Gasteiger partial charge in [-0.25, -0.2) is 4.98 Å². The van der Waals surface area contributed by atoms with Crippen LogP contribution in [0.1, 0.15) is 32.6 Å². The van der Waals surface area contributed by atoms with Gasteiger partial charge in [-0.05, 0) is 31.2 Å². The van der Waals surface area contributed by atoms with E-state index in [-0.39, 0.29) is 11.5 Å². The molecular weight excluding hydrogens is 390 g/mol. The molecule has 1 aromatic carbocycles. The molecule has 2 aromatic heterocycles. The number of nitrogens with one attached hydrogen (secondary N) is 1. The van der Waals surface area contributed by atoms with Crippen LogP contribution >= 0.6 is 23.1 Å². The number of thioether (sulfide) groups is 1. The minimum Gasteiger partial charge on any atom is -0.339 e. The number of amides is 1. The molecule has 0 bridgehead atoms. The standard InChI is InChI=1S/C21H23N3O2S2/c1-2-15-10-6-7-11-24(15)17(25)13-28-21-22-19(26)18-16(12-27-20(18)23-21)14-8-4-3-5-9-14/h3-5,8-9,12,15H,2,6-7,10-11,13H2,1H3,(H,22,23,26)/t15-/m0/s1. The van der Waals surface area contributed by atoms with E-state index >= 15 is 0 Å². The summed E-state index contributed by atoms with van der Waals surface area (Å²) in [5.41, 5.74) is 1.76. The second kappa shape index (κ2) is 8.49. The summed E-state index contributed by atoms with van der Waals surface area (Å²) >= 11 is 2.78. The summed E-state index contributed by atoms with van der Waals surface area (Å²) in [6, 6.07) is 10.2. The fourth-order valence-corrected chi connectivity index (χ4v) is 5.55. The van der Waals surface area contributed by atoms with Gasteiger partial charge in [0.05, 0.1) is 11.1 Å². The fourth-order valence-electron chi connectivity index (χ4n) is 3.79. The van der Waals surface area contributed by atoms with E-state index < -0.39 is 0 Å². The van der Waals surface area contributed by atoms with Gasteiger partial charge in [-0.2, -0.15) is 0 Å². The number of fused-ring (bicyclic) bond motifs is 1. The van der Waals surface area contributed by atoms with Crippen LogP contribution in [0.3, 0.4) is 0 Å². The van der Waals surface area contributed by atoms with Crippen LogP contribution in [0.25, 0.3) is 21.3 Å². The zero-order valence-corrected chi connectivity index (χ0v) is 17.4. The van der Waals surface area contributed by atoms with E-state index in [0.29, 0.717) is 27.2 Å². The predicted molar refractivity (Wildman–Crippen MR) is 116 cm³/mol. The molecule has 4 rings (SSSR count). The monoisotopic (exact) mass is 413 g/mol. The Kier molecular flexibility index (Phi) is 5.82. The molecule has 0 radical (unpaired) electrons. The Morgan fingerprint density at radius 3 is 2.93 bits per heavy atom. The molecule has 7 heteroatoms. The number of aromatic amines is 1. The van der Waals surface area contributed by atoms with Crippen molar-refractivity contribution in [2.24, 2.45) is 0 Å². The van der Waals surface area contributed by atoms with Crippen molar-refractivity contribution in [1.82, 2.24) is 14.9 Å². The lowest BCUT2D eigenvalue weighted by molar-refractivity contribution is -0.132. The number of piperidine rings is 1. The molecule has 1 atom stereocenters. The first-order chi connectivity index (χ1) is 13.7. The second-order valence-electron chi connectivity index (χ2n) is 7.00. The molecule has 28 heavy (non-hydrogen) atoms. The van der Waals surface area contributed by atoms with Crippen LogP contribution in [0, 0.1) is 0 Å². The number of aromatic nitrogens is 2. The van der Waals surface area contributed by atoms with Crippen LogP contribution < -0.4 is 5.56 Å². The van der Waals surface area contributed by atoms with Gasteiger partial charge in [0, 0.05) is 23.5 Å². The normalized spacial score (nSPS) is 17.2. The molecule has 1 aliphatic heterocycles. The van der Waals surface area contributed by atoms with E-state index in [1.165, 1.54) is 29.5 Å². The number of likely N-dealkylation sites (tertiary alicyclic amines) is 1. The van der Waals surface area contributed by atoms with Crippen LogP contribution in [0.2, 0.25) is 0 Å². The summed E-state index contributed by atoms with van der Waals surface area (Å²) in [4.78, 5) is 35.5. The van der Waals surface area contributed by atoms with Crippen LogP contribution in [-0.2, 0) is 4.79 Å². The number of thiophene rings is 1. The highest BCUT2D eigenvalue weighted by atomic mass is 32.2. The third kappa shape index (κ3) is 3.86. The van der Waals surface area contributed by atoms with E-state index in [4.69, 9.17) is 0 Å². The minimum atomic E-state index is -0.149. The van der Waals surface area contributed by atoms with Gasteiger partial charge in [0.15, 0.2) is 5.16 Å². The van der Waals surface area contributed by atoms with E-state index in [1.54, 1.807) is 0 Å². The number of nitrogens with zero attached hydrogens (tertiary/aromatic N) is 2. The molecule has 0 aliphatic carbocycles. The molecule has 146 valence electrons. The zero-order chi connectivity index (χ0) is 19.5. The Bertz CT molecular complexity index is 1030. The summed E-state index contributed by atoms with van der Waals surface area (Å²) in [5.74, 6) is 0.442. The highest BCUT2D eigenvalue weighted by Gasteiger charge is 2.25. The van der Waals surface area contributed by atoms with Gasteiger partial charge in [0.2, 0.25) is 5.91 Å². The van der Waals surface area contributed by atoms with E-state index in [1.807, 2.05) is 40.6 Å². The Hall–Kier alpha value is -2.12. The first kappa shape index (κ1) is 19.2. The summed E-state index contributed by atoms with van der Waals surface area (Å²) in [7, 11) is 0. The lowest BCUT2D eigenvalue weighted by atomic mass is 10.0. The number of rotatable bonds is 5. The van der Waals surface area contributed by atoms with Crippen molar-refractivity contribution in [3.63, 3.8) is 0 Å².